The number of aromatic nitrogens is 1. The van der Waals surface area contributed by atoms with Gasteiger partial charge in [0.25, 0.3) is 0 Å². The minimum atomic E-state index is -0.457. The Hall–Kier alpha value is -8.72. The van der Waals surface area contributed by atoms with E-state index in [1.807, 2.05) is 0 Å². The van der Waals surface area contributed by atoms with Crippen LogP contribution < -0.4 is 4.90 Å². The molecule has 1 aliphatic heterocycles. The highest BCUT2D eigenvalue weighted by molar-refractivity contribution is 6.14. The molecule has 0 unspecified atom stereocenters. The van der Waals surface area contributed by atoms with Gasteiger partial charge in [-0.15, -0.1) is 0 Å². The summed E-state index contributed by atoms with van der Waals surface area (Å²) in [7, 11) is 0. The maximum atomic E-state index is 2.56. The second-order valence-corrected chi connectivity index (χ2v) is 19.0. The summed E-state index contributed by atoms with van der Waals surface area (Å²) < 4.78 is 2.56. The summed E-state index contributed by atoms with van der Waals surface area (Å²) in [6.45, 7) is 0. The lowest BCUT2D eigenvalue weighted by Gasteiger charge is -2.39. The van der Waals surface area contributed by atoms with Crippen LogP contribution in [0, 0.1) is 0 Å². The van der Waals surface area contributed by atoms with Gasteiger partial charge in [0.15, 0.2) is 0 Å². The minimum absolute atomic E-state index is 0.455. The van der Waals surface area contributed by atoms with Crippen molar-refractivity contribution in [3.63, 3.8) is 0 Å². The van der Waals surface area contributed by atoms with Gasteiger partial charge in [0, 0.05) is 27.5 Å². The lowest BCUT2D eigenvalue weighted by atomic mass is 9.65. The van der Waals surface area contributed by atoms with Gasteiger partial charge in [0.05, 0.1) is 33.2 Å². The van der Waals surface area contributed by atoms with E-state index in [4.69, 9.17) is 0 Å². The predicted molar refractivity (Wildman–Crippen MR) is 280 cm³/mol. The van der Waals surface area contributed by atoms with Crippen LogP contribution in [0.3, 0.4) is 0 Å². The van der Waals surface area contributed by atoms with Gasteiger partial charge in [0.1, 0.15) is 0 Å². The molecule has 11 aromatic carbocycles. The van der Waals surface area contributed by atoms with Gasteiger partial charge >= 0.3 is 0 Å². The Morgan fingerprint density at radius 3 is 1.37 bits per heavy atom. The minimum Gasteiger partial charge on any atom is -0.310 e. The van der Waals surface area contributed by atoms with Gasteiger partial charge in [-0.25, -0.2) is 0 Å². The van der Waals surface area contributed by atoms with Crippen LogP contribution in [0.5, 0.6) is 0 Å². The third kappa shape index (κ3) is 4.26. The van der Waals surface area contributed by atoms with Gasteiger partial charge < -0.3 is 9.47 Å². The Morgan fingerprint density at radius 2 is 0.735 bits per heavy atom. The summed E-state index contributed by atoms with van der Waals surface area (Å²) in [6.07, 6.45) is 0. The maximum Gasteiger partial charge on any atom is 0.0754 e. The van der Waals surface area contributed by atoms with Crippen LogP contribution in [0.15, 0.2) is 243 Å². The average Bonchev–Trinajstić information content (AvgIpc) is 4.10. The molecule has 0 amide bonds. The van der Waals surface area contributed by atoms with Crippen molar-refractivity contribution in [2.24, 2.45) is 0 Å². The zero-order valence-corrected chi connectivity index (χ0v) is 37.0. The standard InChI is InChI=1S/C66H40N2/c1-2-19-44-41(17-1)18-15-34-61(44)67(43-35-37-50-49-24-7-10-28-55(49)65(60(50)40-43)53-26-8-3-20-45(53)46-21-4-9-27-54(46)65)42-36-38-62-52(39-42)51-25-16-32-59-64(51)68(62)63-33-14-13-31-58(63)66(59)56-29-11-5-22-47(56)48-23-6-12-30-57(48)66/h1-40H. The van der Waals surface area contributed by atoms with Gasteiger partial charge in [-0.2, -0.15) is 0 Å². The molecule has 0 bridgehead atoms. The van der Waals surface area contributed by atoms with Crippen LogP contribution in [0.4, 0.5) is 17.1 Å². The topological polar surface area (TPSA) is 8.17 Å². The van der Waals surface area contributed by atoms with E-state index >= 15 is 0 Å². The molecule has 0 fully saturated rings. The van der Waals surface area contributed by atoms with E-state index in [9.17, 15) is 0 Å². The average molecular weight is 861 g/mol. The first-order valence-electron chi connectivity index (χ1n) is 23.8. The van der Waals surface area contributed by atoms with E-state index in [1.54, 1.807) is 0 Å². The normalized spacial score (nSPS) is 14.4. The molecule has 0 N–H and O–H groups in total. The molecule has 3 aliphatic carbocycles. The number of fused-ring (bicyclic) bond motifs is 23. The maximum absolute atomic E-state index is 2.56. The number of para-hydroxylation sites is 2. The first-order valence-corrected chi connectivity index (χ1v) is 23.8. The van der Waals surface area contributed by atoms with E-state index in [1.165, 1.54) is 116 Å². The quantitative estimate of drug-likeness (QED) is 0.172. The van der Waals surface area contributed by atoms with Crippen LogP contribution in [-0.2, 0) is 10.8 Å². The summed E-state index contributed by atoms with van der Waals surface area (Å²) in [4.78, 5) is 2.52. The van der Waals surface area contributed by atoms with Gasteiger partial charge in [0.2, 0.25) is 0 Å². The van der Waals surface area contributed by atoms with Crippen LogP contribution in [-0.4, -0.2) is 4.57 Å². The smallest absolute Gasteiger partial charge is 0.0754 e. The molecule has 2 spiro atoms. The molecule has 1 aromatic heterocycles. The van der Waals surface area contributed by atoms with E-state index in [0.717, 1.165) is 17.1 Å². The molecule has 0 saturated carbocycles. The SMILES string of the molecule is c1ccc2c(c1)-c1ccccc1C21c2ccccc2-c2ccc(N(c3ccc4c(c3)c3cccc5c3n4-c3ccccc3C53c4ccccc4-c4ccccc43)c3cccc4ccccc34)cc21. The zero-order valence-electron chi connectivity index (χ0n) is 37.0. The summed E-state index contributed by atoms with van der Waals surface area (Å²) in [5.41, 5.74) is 24.8. The highest BCUT2D eigenvalue weighted by Crippen LogP contribution is 2.64. The molecule has 2 heteroatoms. The third-order valence-corrected chi connectivity index (χ3v) is 16.2. The summed E-state index contributed by atoms with van der Waals surface area (Å²) in [5.74, 6) is 0. The van der Waals surface area contributed by atoms with Crippen molar-refractivity contribution in [1.29, 1.82) is 0 Å². The molecule has 16 rings (SSSR count). The summed E-state index contributed by atoms with van der Waals surface area (Å²) >= 11 is 0. The number of rotatable bonds is 3. The van der Waals surface area contributed by atoms with Crippen molar-refractivity contribution in [2.45, 2.75) is 10.8 Å². The molecular weight excluding hydrogens is 821 g/mol. The third-order valence-electron chi connectivity index (χ3n) is 16.2. The number of hydrogen-bond donors (Lipinski definition) is 0. The number of nitrogens with zero attached hydrogens (tertiary/aromatic N) is 2. The second kappa shape index (κ2) is 13.0. The van der Waals surface area contributed by atoms with Gasteiger partial charge in [-0.05, 0) is 126 Å². The molecule has 0 saturated heterocycles. The Labute approximate surface area is 394 Å². The Bertz CT molecular complexity index is 4070. The largest absolute Gasteiger partial charge is 0.310 e. The fourth-order valence-electron chi connectivity index (χ4n) is 13.7. The molecule has 2 heterocycles. The van der Waals surface area contributed by atoms with Crippen LogP contribution >= 0.6 is 0 Å². The van der Waals surface area contributed by atoms with Crippen LogP contribution in [0.25, 0.3) is 71.6 Å². The van der Waals surface area contributed by atoms with Crippen molar-refractivity contribution in [2.75, 3.05) is 4.90 Å². The molecule has 2 nitrogen and oxygen atoms in total. The molecule has 0 radical (unpaired) electrons. The fraction of sp³-hybridized carbons (Fsp3) is 0.0303. The fourth-order valence-corrected chi connectivity index (χ4v) is 13.7. The van der Waals surface area contributed by atoms with Gasteiger partial charge in [-0.3, -0.25) is 0 Å². The molecule has 12 aromatic rings. The van der Waals surface area contributed by atoms with Crippen molar-refractivity contribution in [3.8, 4) is 39.1 Å². The van der Waals surface area contributed by atoms with Crippen LogP contribution in [0.1, 0.15) is 44.5 Å². The number of hydrogen-bond acceptors (Lipinski definition) is 1. The van der Waals surface area contributed by atoms with Crippen molar-refractivity contribution < 1.29 is 0 Å². The van der Waals surface area contributed by atoms with Crippen LogP contribution in [0.2, 0.25) is 0 Å². The lowest BCUT2D eigenvalue weighted by Crippen LogP contribution is -2.33. The highest BCUT2D eigenvalue weighted by atomic mass is 15.1. The van der Waals surface area contributed by atoms with E-state index < -0.39 is 10.8 Å². The van der Waals surface area contributed by atoms with Crippen molar-refractivity contribution in [3.05, 3.63) is 287 Å². The lowest BCUT2D eigenvalue weighted by molar-refractivity contribution is 0.748. The predicted octanol–water partition coefficient (Wildman–Crippen LogP) is 16.4. The molecule has 68 heavy (non-hydrogen) atoms. The molecule has 314 valence electrons. The Morgan fingerprint density at radius 1 is 0.294 bits per heavy atom. The molecule has 0 atom stereocenters. The number of benzene rings is 11. The zero-order chi connectivity index (χ0) is 44.3. The first-order chi connectivity index (χ1) is 33.8. The monoisotopic (exact) mass is 860 g/mol. The van der Waals surface area contributed by atoms with Gasteiger partial charge in [-0.1, -0.05) is 200 Å². The summed E-state index contributed by atoms with van der Waals surface area (Å²) in [5, 5.41) is 4.92. The Kier molecular flexibility index (Phi) is 6.98. The van der Waals surface area contributed by atoms with E-state index in [0.29, 0.717) is 0 Å². The van der Waals surface area contributed by atoms with Crippen molar-refractivity contribution in [1.82, 2.24) is 4.57 Å². The highest BCUT2D eigenvalue weighted by Gasteiger charge is 2.53. The first kappa shape index (κ1) is 36.5. The van der Waals surface area contributed by atoms with E-state index in [-0.39, 0.29) is 0 Å². The Balaban J connectivity index is 0.981. The molecule has 4 aliphatic rings. The van der Waals surface area contributed by atoms with Crippen molar-refractivity contribution >= 4 is 49.6 Å². The molecular formula is C66H40N2. The second-order valence-electron chi connectivity index (χ2n) is 19.0. The number of anilines is 3. The van der Waals surface area contributed by atoms with E-state index in [2.05, 4.69) is 252 Å². The summed E-state index contributed by atoms with van der Waals surface area (Å²) in [6, 6.07) is 91.7.